The van der Waals surface area contributed by atoms with Crippen molar-refractivity contribution in [3.63, 3.8) is 0 Å². The van der Waals surface area contributed by atoms with Gasteiger partial charge in [0.15, 0.2) is 0 Å². The van der Waals surface area contributed by atoms with Gasteiger partial charge in [0.1, 0.15) is 5.60 Å². The molecule has 0 spiro atoms. The molecule has 1 amide bonds. The van der Waals surface area contributed by atoms with Gasteiger partial charge in [-0.1, -0.05) is 56.3 Å². The highest BCUT2D eigenvalue weighted by atomic mass is 16.6. The van der Waals surface area contributed by atoms with Crippen LogP contribution in [-0.4, -0.2) is 29.7 Å². The molecule has 152 valence electrons. The molecule has 1 aromatic rings. The molecule has 0 saturated heterocycles. The molecule has 1 aliphatic carbocycles. The minimum absolute atomic E-state index is 0.221. The van der Waals surface area contributed by atoms with Crippen LogP contribution in [0.25, 0.3) is 5.57 Å². The molecule has 0 radical (unpaired) electrons. The summed E-state index contributed by atoms with van der Waals surface area (Å²) in [4.78, 5) is 14.1. The zero-order valence-electron chi connectivity index (χ0n) is 18.2. The minimum Gasteiger partial charge on any atom is -0.444 e. The first-order chi connectivity index (χ1) is 13.0. The number of carbonyl (C=O) groups excluding carboxylic acids is 1. The van der Waals surface area contributed by atoms with Crippen LogP contribution in [0.5, 0.6) is 0 Å². The molecule has 1 saturated carbocycles. The van der Waals surface area contributed by atoms with Crippen LogP contribution in [0.15, 0.2) is 42.5 Å². The summed E-state index contributed by atoms with van der Waals surface area (Å²) in [6.07, 6.45) is 6.25. The SMILES string of the molecule is C=C1CC(c2ccccc2C2=CCN(C(=O)OC(C)(C)C)CC2)CC(C)(C)C1. The van der Waals surface area contributed by atoms with Crippen molar-refractivity contribution < 1.29 is 9.53 Å². The smallest absolute Gasteiger partial charge is 0.410 e. The Morgan fingerprint density at radius 1 is 1.25 bits per heavy atom. The monoisotopic (exact) mass is 381 g/mol. The van der Waals surface area contributed by atoms with E-state index in [2.05, 4.69) is 50.8 Å². The van der Waals surface area contributed by atoms with E-state index in [-0.39, 0.29) is 6.09 Å². The maximum atomic E-state index is 12.3. The Hall–Kier alpha value is -2.03. The van der Waals surface area contributed by atoms with E-state index in [9.17, 15) is 4.79 Å². The number of allylic oxidation sites excluding steroid dienone is 1. The third-order valence-corrected chi connectivity index (χ3v) is 5.67. The van der Waals surface area contributed by atoms with Crippen LogP contribution in [0.2, 0.25) is 0 Å². The molecule has 3 nitrogen and oxygen atoms in total. The molecule has 1 unspecified atom stereocenters. The van der Waals surface area contributed by atoms with Crippen molar-refractivity contribution in [3.05, 3.63) is 53.6 Å². The predicted octanol–water partition coefficient (Wildman–Crippen LogP) is 6.56. The van der Waals surface area contributed by atoms with E-state index in [0.29, 0.717) is 24.4 Å². The molecule has 0 aromatic heterocycles. The summed E-state index contributed by atoms with van der Waals surface area (Å²) in [5, 5.41) is 0. The third kappa shape index (κ3) is 5.06. The van der Waals surface area contributed by atoms with E-state index in [1.807, 2.05) is 20.8 Å². The Balaban J connectivity index is 1.79. The summed E-state index contributed by atoms with van der Waals surface area (Å²) in [5.74, 6) is 0.525. The molecule has 1 aromatic carbocycles. The van der Waals surface area contributed by atoms with Gasteiger partial charge in [0.2, 0.25) is 0 Å². The highest BCUT2D eigenvalue weighted by Gasteiger charge is 2.32. The van der Waals surface area contributed by atoms with Crippen LogP contribution in [0.4, 0.5) is 4.79 Å². The number of rotatable bonds is 2. The van der Waals surface area contributed by atoms with Crippen LogP contribution >= 0.6 is 0 Å². The second kappa shape index (κ2) is 7.77. The number of amides is 1. The van der Waals surface area contributed by atoms with E-state index in [1.54, 1.807) is 4.90 Å². The van der Waals surface area contributed by atoms with Crippen LogP contribution in [-0.2, 0) is 4.74 Å². The van der Waals surface area contributed by atoms with E-state index in [1.165, 1.54) is 28.7 Å². The van der Waals surface area contributed by atoms with Crippen molar-refractivity contribution in [1.82, 2.24) is 4.90 Å². The quantitative estimate of drug-likeness (QED) is 0.543. The molecule has 0 bridgehead atoms. The van der Waals surface area contributed by atoms with E-state index in [4.69, 9.17) is 4.74 Å². The normalized spacial score (nSPS) is 22.6. The maximum absolute atomic E-state index is 12.3. The van der Waals surface area contributed by atoms with Crippen molar-refractivity contribution in [2.75, 3.05) is 13.1 Å². The van der Waals surface area contributed by atoms with Gasteiger partial charge in [-0.15, -0.1) is 0 Å². The first-order valence-corrected chi connectivity index (χ1v) is 10.5. The Morgan fingerprint density at radius 2 is 1.96 bits per heavy atom. The average molecular weight is 382 g/mol. The summed E-state index contributed by atoms with van der Waals surface area (Å²) in [5.41, 5.74) is 5.36. The van der Waals surface area contributed by atoms with Crippen LogP contribution in [0.1, 0.15) is 77.3 Å². The number of carbonyl (C=O) groups is 1. The van der Waals surface area contributed by atoms with Crippen molar-refractivity contribution >= 4 is 11.7 Å². The Kier molecular flexibility index (Phi) is 5.74. The fourth-order valence-corrected chi connectivity index (χ4v) is 4.68. The molecule has 28 heavy (non-hydrogen) atoms. The fourth-order valence-electron chi connectivity index (χ4n) is 4.68. The van der Waals surface area contributed by atoms with Crippen LogP contribution in [0.3, 0.4) is 0 Å². The lowest BCUT2D eigenvalue weighted by Crippen LogP contribution is -2.39. The summed E-state index contributed by atoms with van der Waals surface area (Å²) in [7, 11) is 0. The van der Waals surface area contributed by atoms with Gasteiger partial charge in [0.25, 0.3) is 0 Å². The zero-order chi connectivity index (χ0) is 20.5. The van der Waals surface area contributed by atoms with Gasteiger partial charge in [0, 0.05) is 13.1 Å². The van der Waals surface area contributed by atoms with Gasteiger partial charge in [-0.05, 0) is 74.5 Å². The average Bonchev–Trinajstić information content (AvgIpc) is 2.59. The molecule has 1 heterocycles. The van der Waals surface area contributed by atoms with Crippen LogP contribution in [0, 0.1) is 5.41 Å². The zero-order valence-corrected chi connectivity index (χ0v) is 18.2. The number of benzene rings is 1. The molecule has 0 N–H and O–H groups in total. The number of hydrogen-bond donors (Lipinski definition) is 0. The van der Waals surface area contributed by atoms with Gasteiger partial charge in [-0.2, -0.15) is 0 Å². The Bertz CT molecular complexity index is 782. The molecule has 2 aliphatic rings. The van der Waals surface area contributed by atoms with Gasteiger partial charge in [0.05, 0.1) is 0 Å². The Labute approximate surface area is 170 Å². The van der Waals surface area contributed by atoms with Crippen molar-refractivity contribution in [2.24, 2.45) is 5.41 Å². The molecule has 1 fully saturated rings. The summed E-state index contributed by atoms with van der Waals surface area (Å²) in [6, 6.07) is 8.81. The number of nitrogens with zero attached hydrogens (tertiary/aromatic N) is 1. The lowest BCUT2D eigenvalue weighted by molar-refractivity contribution is 0.0270. The van der Waals surface area contributed by atoms with Gasteiger partial charge < -0.3 is 9.64 Å². The van der Waals surface area contributed by atoms with E-state index < -0.39 is 5.60 Å². The summed E-state index contributed by atoms with van der Waals surface area (Å²) >= 11 is 0. The highest BCUT2D eigenvalue weighted by molar-refractivity contribution is 5.74. The van der Waals surface area contributed by atoms with E-state index in [0.717, 1.165) is 19.3 Å². The molecule has 1 atom stereocenters. The van der Waals surface area contributed by atoms with Crippen LogP contribution < -0.4 is 0 Å². The highest BCUT2D eigenvalue weighted by Crippen LogP contribution is 2.47. The lowest BCUT2D eigenvalue weighted by Gasteiger charge is -2.38. The topological polar surface area (TPSA) is 29.5 Å². The maximum Gasteiger partial charge on any atom is 0.410 e. The molecular formula is C25H35NO2. The summed E-state index contributed by atoms with van der Waals surface area (Å²) < 4.78 is 5.52. The van der Waals surface area contributed by atoms with Crippen molar-refractivity contribution in [3.8, 4) is 0 Å². The molecular weight excluding hydrogens is 346 g/mol. The first-order valence-electron chi connectivity index (χ1n) is 10.5. The number of hydrogen-bond acceptors (Lipinski definition) is 2. The van der Waals surface area contributed by atoms with Crippen molar-refractivity contribution in [2.45, 2.75) is 71.8 Å². The van der Waals surface area contributed by atoms with Gasteiger partial charge in [-0.25, -0.2) is 4.79 Å². The molecule has 3 heteroatoms. The van der Waals surface area contributed by atoms with Crippen molar-refractivity contribution in [1.29, 1.82) is 0 Å². The first kappa shape index (κ1) is 20.7. The summed E-state index contributed by atoms with van der Waals surface area (Å²) in [6.45, 7) is 16.1. The Morgan fingerprint density at radius 3 is 2.57 bits per heavy atom. The fraction of sp³-hybridized carbons (Fsp3) is 0.560. The largest absolute Gasteiger partial charge is 0.444 e. The second-order valence-corrected chi connectivity index (χ2v) is 10.2. The lowest BCUT2D eigenvalue weighted by atomic mass is 9.67. The predicted molar refractivity (Wildman–Crippen MR) is 116 cm³/mol. The third-order valence-electron chi connectivity index (χ3n) is 5.67. The minimum atomic E-state index is -0.455. The van der Waals surface area contributed by atoms with Gasteiger partial charge >= 0.3 is 6.09 Å². The van der Waals surface area contributed by atoms with Gasteiger partial charge in [-0.3, -0.25) is 0 Å². The second-order valence-electron chi connectivity index (χ2n) is 10.2. The number of ether oxygens (including phenoxy) is 1. The molecule has 3 rings (SSSR count). The molecule has 1 aliphatic heterocycles. The standard InChI is InChI=1S/C25H35NO2/c1-18-15-20(17-25(5,6)16-18)22-10-8-7-9-21(22)19-11-13-26(14-12-19)23(27)28-24(2,3)4/h7-11,20H,1,12-17H2,2-6H3. The van der Waals surface area contributed by atoms with E-state index >= 15 is 0 Å².